The number of benzene rings is 2. The highest BCUT2D eigenvalue weighted by Gasteiger charge is 2.27. The van der Waals surface area contributed by atoms with Gasteiger partial charge >= 0.3 is 5.91 Å². The van der Waals surface area contributed by atoms with Crippen molar-refractivity contribution in [1.82, 2.24) is 0 Å². The molecule has 2 aromatic rings. The summed E-state index contributed by atoms with van der Waals surface area (Å²) in [5, 5.41) is 0. The van der Waals surface area contributed by atoms with Crippen molar-refractivity contribution in [2.75, 3.05) is 14.1 Å². The van der Waals surface area contributed by atoms with Crippen LogP contribution in [-0.2, 0) is 6.54 Å². The maximum atomic E-state index is 12.4. The van der Waals surface area contributed by atoms with E-state index in [1.165, 1.54) is 5.56 Å². The molecule has 0 fully saturated rings. The largest absolute Gasteiger partial charge is 0.345 e. The van der Waals surface area contributed by atoms with Crippen molar-refractivity contribution in [3.05, 3.63) is 71.8 Å². The summed E-state index contributed by atoms with van der Waals surface area (Å²) < 4.78 is 0.327. The van der Waals surface area contributed by atoms with Gasteiger partial charge in [-0.15, -0.1) is 0 Å². The number of carbonyl (C=O) groups excluding carboxylic acids is 1. The number of amides is 1. The topological polar surface area (TPSA) is 17.1 Å². The first kappa shape index (κ1) is 12.5. The molecule has 2 rings (SSSR count). The Hall–Kier alpha value is -1.93. The monoisotopic (exact) mass is 240 g/mol. The molecule has 92 valence electrons. The standard InChI is InChI=1S/C16H18NO/c1-17(2,13-14-9-5-3-6-10-14)16(18)15-11-7-4-8-12-15/h3-12H,13H2,1-2H3/q+1. The van der Waals surface area contributed by atoms with E-state index in [9.17, 15) is 4.79 Å². The van der Waals surface area contributed by atoms with E-state index in [0.29, 0.717) is 11.0 Å². The number of quaternary nitrogens is 1. The van der Waals surface area contributed by atoms with Crippen molar-refractivity contribution in [1.29, 1.82) is 0 Å². The van der Waals surface area contributed by atoms with Crippen molar-refractivity contribution in [3.8, 4) is 0 Å². The first-order chi connectivity index (χ1) is 8.59. The van der Waals surface area contributed by atoms with Crippen molar-refractivity contribution in [2.45, 2.75) is 6.54 Å². The van der Waals surface area contributed by atoms with Gasteiger partial charge in [-0.2, -0.15) is 0 Å². The van der Waals surface area contributed by atoms with Gasteiger partial charge in [0.1, 0.15) is 6.54 Å². The van der Waals surface area contributed by atoms with Crippen LogP contribution in [0.3, 0.4) is 0 Å². The molecule has 2 heteroatoms. The van der Waals surface area contributed by atoms with Crippen LogP contribution in [0.4, 0.5) is 0 Å². The second-order valence-electron chi connectivity index (χ2n) is 5.00. The highest BCUT2D eigenvalue weighted by atomic mass is 16.2. The second kappa shape index (κ2) is 5.15. The summed E-state index contributed by atoms with van der Waals surface area (Å²) in [5.74, 6) is 0.138. The van der Waals surface area contributed by atoms with E-state index in [4.69, 9.17) is 0 Å². The van der Waals surface area contributed by atoms with E-state index in [1.54, 1.807) is 0 Å². The Morgan fingerprint density at radius 3 is 1.94 bits per heavy atom. The SMILES string of the molecule is C[N+](C)(Cc1ccccc1)C(=O)c1ccccc1. The molecule has 0 aliphatic carbocycles. The van der Waals surface area contributed by atoms with Crippen LogP contribution in [0.2, 0.25) is 0 Å². The molecule has 18 heavy (non-hydrogen) atoms. The average molecular weight is 240 g/mol. The molecule has 0 N–H and O–H groups in total. The van der Waals surface area contributed by atoms with Gasteiger partial charge in [0.05, 0.1) is 19.7 Å². The molecule has 0 aliphatic rings. The van der Waals surface area contributed by atoms with Crippen LogP contribution in [0.25, 0.3) is 0 Å². The van der Waals surface area contributed by atoms with Gasteiger partial charge in [0.25, 0.3) is 0 Å². The average Bonchev–Trinajstić information content (AvgIpc) is 2.39. The third-order valence-corrected chi connectivity index (χ3v) is 2.99. The van der Waals surface area contributed by atoms with E-state index in [-0.39, 0.29) is 5.91 Å². The quantitative estimate of drug-likeness (QED) is 0.753. The molecule has 1 amide bonds. The predicted molar refractivity (Wildman–Crippen MR) is 73.0 cm³/mol. The fourth-order valence-electron chi connectivity index (χ4n) is 2.04. The van der Waals surface area contributed by atoms with Gasteiger partial charge in [-0.25, -0.2) is 4.79 Å². The molecule has 0 aromatic heterocycles. The number of hydrogen-bond acceptors (Lipinski definition) is 1. The maximum Gasteiger partial charge on any atom is 0.345 e. The fraction of sp³-hybridized carbons (Fsp3) is 0.188. The minimum absolute atomic E-state index is 0.138. The smallest absolute Gasteiger partial charge is 0.257 e. The van der Waals surface area contributed by atoms with Crippen molar-refractivity contribution in [2.24, 2.45) is 0 Å². The van der Waals surface area contributed by atoms with Gasteiger partial charge in [0.2, 0.25) is 0 Å². The number of rotatable bonds is 3. The molecule has 0 spiro atoms. The lowest BCUT2D eigenvalue weighted by Crippen LogP contribution is -2.44. The molecule has 0 heterocycles. The number of nitrogens with zero attached hydrogens (tertiary/aromatic N) is 1. The van der Waals surface area contributed by atoms with Crippen LogP contribution in [0, 0.1) is 0 Å². The van der Waals surface area contributed by atoms with E-state index >= 15 is 0 Å². The Bertz CT molecular complexity index is 517. The highest BCUT2D eigenvalue weighted by molar-refractivity contribution is 5.88. The Morgan fingerprint density at radius 2 is 1.39 bits per heavy atom. The van der Waals surface area contributed by atoms with Crippen molar-refractivity contribution >= 4 is 5.91 Å². The third-order valence-electron chi connectivity index (χ3n) is 2.99. The van der Waals surface area contributed by atoms with E-state index in [0.717, 1.165) is 5.56 Å². The van der Waals surface area contributed by atoms with Crippen molar-refractivity contribution < 1.29 is 9.28 Å². The minimum atomic E-state index is 0.138. The zero-order valence-corrected chi connectivity index (χ0v) is 10.8. The fourth-order valence-corrected chi connectivity index (χ4v) is 2.04. The molecular formula is C16H18NO+. The van der Waals surface area contributed by atoms with E-state index in [1.807, 2.05) is 62.6 Å². The third kappa shape index (κ3) is 2.84. The second-order valence-corrected chi connectivity index (χ2v) is 5.00. The van der Waals surface area contributed by atoms with Crippen LogP contribution >= 0.6 is 0 Å². The lowest BCUT2D eigenvalue weighted by atomic mass is 10.1. The van der Waals surface area contributed by atoms with Crippen LogP contribution in [0.15, 0.2) is 60.7 Å². The van der Waals surface area contributed by atoms with Gasteiger partial charge in [0.15, 0.2) is 0 Å². The van der Waals surface area contributed by atoms with Crippen LogP contribution in [0.5, 0.6) is 0 Å². The maximum absolute atomic E-state index is 12.4. The Morgan fingerprint density at radius 1 is 0.889 bits per heavy atom. The van der Waals surface area contributed by atoms with E-state index in [2.05, 4.69) is 12.1 Å². The molecule has 0 saturated heterocycles. The summed E-state index contributed by atoms with van der Waals surface area (Å²) in [6.45, 7) is 0.703. The number of carbonyl (C=O) groups is 1. The predicted octanol–water partition coefficient (Wildman–Crippen LogP) is 3.10. The molecule has 2 aromatic carbocycles. The van der Waals surface area contributed by atoms with Gasteiger partial charge in [-0.05, 0) is 12.1 Å². The normalized spacial score (nSPS) is 11.2. The Balaban J connectivity index is 2.19. The number of hydrogen-bond donors (Lipinski definition) is 0. The zero-order chi connectivity index (χ0) is 13.0. The Labute approximate surface area is 108 Å². The molecular weight excluding hydrogens is 222 g/mol. The minimum Gasteiger partial charge on any atom is -0.257 e. The molecule has 0 saturated carbocycles. The summed E-state index contributed by atoms with van der Waals surface area (Å²) in [5.41, 5.74) is 1.94. The first-order valence-electron chi connectivity index (χ1n) is 6.06. The summed E-state index contributed by atoms with van der Waals surface area (Å²) >= 11 is 0. The van der Waals surface area contributed by atoms with Crippen LogP contribution < -0.4 is 0 Å². The van der Waals surface area contributed by atoms with Crippen molar-refractivity contribution in [3.63, 3.8) is 0 Å². The lowest BCUT2D eigenvalue weighted by molar-refractivity contribution is -0.821. The molecule has 0 aliphatic heterocycles. The van der Waals surface area contributed by atoms with Gasteiger partial charge in [0, 0.05) is 5.56 Å². The molecule has 0 bridgehead atoms. The molecule has 0 radical (unpaired) electrons. The van der Waals surface area contributed by atoms with Crippen LogP contribution in [-0.4, -0.2) is 24.5 Å². The summed E-state index contributed by atoms with van der Waals surface area (Å²) in [6.07, 6.45) is 0. The molecule has 0 unspecified atom stereocenters. The summed E-state index contributed by atoms with van der Waals surface area (Å²) in [4.78, 5) is 12.4. The highest BCUT2D eigenvalue weighted by Crippen LogP contribution is 2.14. The molecule has 0 atom stereocenters. The lowest BCUT2D eigenvalue weighted by Gasteiger charge is -2.26. The van der Waals surface area contributed by atoms with Crippen LogP contribution in [0.1, 0.15) is 15.9 Å². The van der Waals surface area contributed by atoms with Gasteiger partial charge < -0.3 is 0 Å². The van der Waals surface area contributed by atoms with E-state index < -0.39 is 0 Å². The van der Waals surface area contributed by atoms with Gasteiger partial charge in [-0.1, -0.05) is 48.5 Å². The molecule has 2 nitrogen and oxygen atoms in total. The summed E-state index contributed by atoms with van der Waals surface area (Å²) in [6, 6.07) is 19.6. The first-order valence-corrected chi connectivity index (χ1v) is 6.06. The zero-order valence-electron chi connectivity index (χ0n) is 10.8. The summed E-state index contributed by atoms with van der Waals surface area (Å²) in [7, 11) is 3.89. The van der Waals surface area contributed by atoms with Gasteiger partial charge in [-0.3, -0.25) is 4.48 Å². The Kier molecular flexibility index (Phi) is 3.58.